The number of carbonyl (C=O) groups excluding carboxylic acids is 1. The van der Waals surface area contributed by atoms with Gasteiger partial charge in [0.25, 0.3) is 0 Å². The first kappa shape index (κ1) is 15.5. The van der Waals surface area contributed by atoms with Gasteiger partial charge in [0, 0.05) is 13.0 Å². The van der Waals surface area contributed by atoms with E-state index >= 15 is 0 Å². The molecule has 2 N–H and O–H groups in total. The second kappa shape index (κ2) is 6.69. The van der Waals surface area contributed by atoms with E-state index in [9.17, 15) is 14.7 Å². The van der Waals surface area contributed by atoms with Crippen molar-refractivity contribution in [2.75, 3.05) is 0 Å². The maximum atomic E-state index is 12.1. The number of rotatable bonds is 6. The Labute approximate surface area is 123 Å². The summed E-state index contributed by atoms with van der Waals surface area (Å²) in [6, 6.07) is 0. The van der Waals surface area contributed by atoms with Gasteiger partial charge < -0.3 is 15.0 Å². The molecule has 1 fully saturated rings. The summed E-state index contributed by atoms with van der Waals surface area (Å²) in [6.45, 7) is 2.98. The van der Waals surface area contributed by atoms with Gasteiger partial charge in [-0.3, -0.25) is 9.59 Å². The Bertz CT molecular complexity index is 506. The van der Waals surface area contributed by atoms with Crippen LogP contribution in [0.2, 0.25) is 0 Å². The summed E-state index contributed by atoms with van der Waals surface area (Å²) < 4.78 is 1.84. The Kier molecular flexibility index (Phi) is 4.93. The minimum absolute atomic E-state index is 0.0442. The molecule has 1 aromatic rings. The summed E-state index contributed by atoms with van der Waals surface area (Å²) in [5.41, 5.74) is -0.888. The molecule has 0 unspecified atom stereocenters. The molecule has 0 bridgehead atoms. The molecular weight excluding hydrogens is 272 g/mol. The quantitative estimate of drug-likeness (QED) is 0.825. The summed E-state index contributed by atoms with van der Waals surface area (Å²) in [7, 11) is 0. The molecule has 0 spiro atoms. The second-order valence-electron chi connectivity index (χ2n) is 5.63. The van der Waals surface area contributed by atoms with E-state index in [-0.39, 0.29) is 18.9 Å². The van der Waals surface area contributed by atoms with Crippen molar-refractivity contribution in [2.24, 2.45) is 5.41 Å². The SMILES string of the molecule is CCn1cnnc1CNC(=O)CC1(C(=O)O)CCCCC1. The second-order valence-corrected chi connectivity index (χ2v) is 5.63. The number of nitrogens with one attached hydrogen (secondary N) is 1. The molecule has 1 aromatic heterocycles. The van der Waals surface area contributed by atoms with Crippen LogP contribution in [0.25, 0.3) is 0 Å². The van der Waals surface area contributed by atoms with Crippen molar-refractivity contribution >= 4 is 11.9 Å². The number of aromatic nitrogens is 3. The summed E-state index contributed by atoms with van der Waals surface area (Å²) >= 11 is 0. The van der Waals surface area contributed by atoms with Gasteiger partial charge in [-0.25, -0.2) is 0 Å². The van der Waals surface area contributed by atoms with Gasteiger partial charge in [0.2, 0.25) is 5.91 Å². The molecule has 21 heavy (non-hydrogen) atoms. The highest BCUT2D eigenvalue weighted by molar-refractivity contribution is 5.85. The average Bonchev–Trinajstić information content (AvgIpc) is 2.93. The number of carboxylic acid groups (broad SMARTS) is 1. The van der Waals surface area contributed by atoms with Gasteiger partial charge in [-0.15, -0.1) is 10.2 Å². The Morgan fingerprint density at radius 2 is 2.10 bits per heavy atom. The third kappa shape index (κ3) is 3.59. The minimum atomic E-state index is -0.888. The first-order chi connectivity index (χ1) is 10.1. The first-order valence-electron chi connectivity index (χ1n) is 7.44. The lowest BCUT2D eigenvalue weighted by atomic mass is 9.71. The molecule has 1 aliphatic carbocycles. The molecule has 1 saturated carbocycles. The molecule has 0 aliphatic heterocycles. The maximum Gasteiger partial charge on any atom is 0.310 e. The molecule has 7 heteroatoms. The smallest absolute Gasteiger partial charge is 0.310 e. The molecular formula is C14H22N4O3. The average molecular weight is 294 g/mol. The first-order valence-corrected chi connectivity index (χ1v) is 7.44. The van der Waals surface area contributed by atoms with Crippen molar-refractivity contribution in [1.82, 2.24) is 20.1 Å². The lowest BCUT2D eigenvalue weighted by Gasteiger charge is -2.32. The topological polar surface area (TPSA) is 97.1 Å². The van der Waals surface area contributed by atoms with E-state index in [2.05, 4.69) is 15.5 Å². The number of nitrogens with zero attached hydrogens (tertiary/aromatic N) is 3. The van der Waals surface area contributed by atoms with Crippen molar-refractivity contribution in [3.05, 3.63) is 12.2 Å². The standard InChI is InChI=1S/C14H22N4O3/c1-2-18-10-16-17-11(18)9-15-12(19)8-14(13(20)21)6-4-3-5-7-14/h10H,2-9H2,1H3,(H,15,19)(H,20,21). The predicted octanol–water partition coefficient (Wildman–Crippen LogP) is 1.34. The van der Waals surface area contributed by atoms with Crippen LogP contribution in [0, 0.1) is 5.41 Å². The maximum absolute atomic E-state index is 12.1. The highest BCUT2D eigenvalue weighted by atomic mass is 16.4. The molecule has 0 saturated heterocycles. The Morgan fingerprint density at radius 3 is 2.71 bits per heavy atom. The van der Waals surface area contributed by atoms with E-state index in [1.54, 1.807) is 6.33 Å². The third-order valence-corrected chi connectivity index (χ3v) is 4.24. The van der Waals surface area contributed by atoms with Crippen molar-refractivity contribution in [3.63, 3.8) is 0 Å². The Hall–Kier alpha value is -1.92. The Balaban J connectivity index is 1.92. The van der Waals surface area contributed by atoms with Crippen LogP contribution in [0.3, 0.4) is 0 Å². The molecule has 7 nitrogen and oxygen atoms in total. The molecule has 1 amide bonds. The fourth-order valence-electron chi connectivity index (χ4n) is 2.92. The molecule has 116 valence electrons. The highest BCUT2D eigenvalue weighted by Gasteiger charge is 2.41. The number of carboxylic acids is 1. The van der Waals surface area contributed by atoms with Crippen LogP contribution in [0.4, 0.5) is 0 Å². The lowest BCUT2D eigenvalue weighted by Crippen LogP contribution is -2.39. The van der Waals surface area contributed by atoms with Gasteiger partial charge >= 0.3 is 5.97 Å². The van der Waals surface area contributed by atoms with Gasteiger partial charge in [-0.05, 0) is 19.8 Å². The zero-order valence-corrected chi connectivity index (χ0v) is 12.3. The minimum Gasteiger partial charge on any atom is -0.481 e. The van der Waals surface area contributed by atoms with E-state index in [4.69, 9.17) is 0 Å². The van der Waals surface area contributed by atoms with Crippen molar-refractivity contribution in [1.29, 1.82) is 0 Å². The molecule has 1 heterocycles. The monoisotopic (exact) mass is 294 g/mol. The van der Waals surface area contributed by atoms with E-state index < -0.39 is 11.4 Å². The fraction of sp³-hybridized carbons (Fsp3) is 0.714. The normalized spacial score (nSPS) is 17.4. The van der Waals surface area contributed by atoms with Gasteiger partial charge in [-0.2, -0.15) is 0 Å². The van der Waals surface area contributed by atoms with E-state index in [1.807, 2.05) is 11.5 Å². The van der Waals surface area contributed by atoms with Crippen molar-refractivity contribution < 1.29 is 14.7 Å². The predicted molar refractivity (Wildman–Crippen MR) is 75.3 cm³/mol. The summed E-state index contributed by atoms with van der Waals surface area (Å²) in [5.74, 6) is -0.405. The third-order valence-electron chi connectivity index (χ3n) is 4.24. The number of hydrogen-bond donors (Lipinski definition) is 2. The number of aliphatic carboxylic acids is 1. The van der Waals surface area contributed by atoms with Gasteiger partial charge in [-0.1, -0.05) is 19.3 Å². The summed E-state index contributed by atoms with van der Waals surface area (Å²) in [6.07, 6.45) is 5.63. The van der Waals surface area contributed by atoms with Crippen molar-refractivity contribution in [3.8, 4) is 0 Å². The number of hydrogen-bond acceptors (Lipinski definition) is 4. The molecule has 2 rings (SSSR count). The van der Waals surface area contributed by atoms with Crippen LogP contribution in [-0.4, -0.2) is 31.7 Å². The van der Waals surface area contributed by atoms with E-state index in [1.165, 1.54) is 0 Å². The lowest BCUT2D eigenvalue weighted by molar-refractivity contribution is -0.154. The molecule has 0 radical (unpaired) electrons. The van der Waals surface area contributed by atoms with Crippen LogP contribution in [0.5, 0.6) is 0 Å². The largest absolute Gasteiger partial charge is 0.481 e. The van der Waals surface area contributed by atoms with E-state index in [0.29, 0.717) is 18.7 Å². The van der Waals surface area contributed by atoms with Gasteiger partial charge in [0.15, 0.2) is 5.82 Å². The zero-order valence-electron chi connectivity index (χ0n) is 12.3. The van der Waals surface area contributed by atoms with E-state index in [0.717, 1.165) is 25.8 Å². The highest BCUT2D eigenvalue weighted by Crippen LogP contribution is 2.39. The van der Waals surface area contributed by atoms with Gasteiger partial charge in [0.05, 0.1) is 12.0 Å². The number of amides is 1. The molecule has 0 atom stereocenters. The van der Waals surface area contributed by atoms with Crippen molar-refractivity contribution in [2.45, 2.75) is 58.5 Å². The van der Waals surface area contributed by atoms with Crippen LogP contribution in [0.1, 0.15) is 51.3 Å². The summed E-state index contributed by atoms with van der Waals surface area (Å²) in [4.78, 5) is 23.6. The molecule has 0 aromatic carbocycles. The van der Waals surface area contributed by atoms with Crippen LogP contribution < -0.4 is 5.32 Å². The summed E-state index contributed by atoms with van der Waals surface area (Å²) in [5, 5.41) is 20.0. The zero-order chi connectivity index (χ0) is 15.3. The van der Waals surface area contributed by atoms with Gasteiger partial charge in [0.1, 0.15) is 6.33 Å². The molecule has 1 aliphatic rings. The number of carbonyl (C=O) groups is 2. The number of aryl methyl sites for hydroxylation is 1. The van der Waals surface area contributed by atoms with Crippen LogP contribution in [-0.2, 0) is 22.7 Å². The van der Waals surface area contributed by atoms with Crippen LogP contribution >= 0.6 is 0 Å². The fourth-order valence-corrected chi connectivity index (χ4v) is 2.92. The Morgan fingerprint density at radius 1 is 1.38 bits per heavy atom. The van der Waals surface area contributed by atoms with Crippen LogP contribution in [0.15, 0.2) is 6.33 Å².